The molecule has 1 amide bonds. The minimum atomic E-state index is -0.410. The highest BCUT2D eigenvalue weighted by molar-refractivity contribution is 6.04. The Bertz CT molecular complexity index is 653. The molecule has 0 bridgehead atoms. The van der Waals surface area contributed by atoms with Gasteiger partial charge in [0.2, 0.25) is 0 Å². The van der Waals surface area contributed by atoms with E-state index >= 15 is 0 Å². The number of aromatic nitrogens is 2. The van der Waals surface area contributed by atoms with Crippen LogP contribution in [0.2, 0.25) is 0 Å². The largest absolute Gasteiger partial charge is 0.366 e. The van der Waals surface area contributed by atoms with Crippen LogP contribution in [0, 0.1) is 0 Å². The Kier molecular flexibility index (Phi) is 3.68. The zero-order valence-electron chi connectivity index (χ0n) is 12.6. The Morgan fingerprint density at radius 1 is 1.29 bits per heavy atom. The summed E-state index contributed by atoms with van der Waals surface area (Å²) in [7, 11) is 4.29. The van der Waals surface area contributed by atoms with Gasteiger partial charge in [-0.1, -0.05) is 6.07 Å². The number of fused-ring (bicyclic) bond motifs is 1. The average Bonchev–Trinajstić information content (AvgIpc) is 2.90. The molecule has 2 aromatic rings. The molecule has 0 unspecified atom stereocenters. The quantitative estimate of drug-likeness (QED) is 0.908. The molecular weight excluding hydrogens is 264 g/mol. The highest BCUT2D eigenvalue weighted by Crippen LogP contribution is 2.34. The van der Waals surface area contributed by atoms with E-state index in [4.69, 9.17) is 5.73 Å². The molecule has 3 N–H and O–H groups in total. The Balaban J connectivity index is 1.86. The van der Waals surface area contributed by atoms with Crippen molar-refractivity contribution in [3.05, 3.63) is 29.6 Å². The van der Waals surface area contributed by atoms with Gasteiger partial charge in [0.1, 0.15) is 5.82 Å². The second-order valence-electron chi connectivity index (χ2n) is 6.16. The van der Waals surface area contributed by atoms with Gasteiger partial charge in [0.15, 0.2) is 0 Å². The first-order chi connectivity index (χ1) is 10.1. The van der Waals surface area contributed by atoms with Gasteiger partial charge in [-0.15, -0.1) is 0 Å². The van der Waals surface area contributed by atoms with Crippen LogP contribution in [0.5, 0.6) is 0 Å². The number of carbonyl (C=O) groups excluding carboxylic acids is 1. The lowest BCUT2D eigenvalue weighted by molar-refractivity contribution is 0.100. The first-order valence-corrected chi connectivity index (χ1v) is 7.51. The number of hydrogen-bond acceptors (Lipinski definition) is 3. The number of hydrogen-bond donors (Lipinski definition) is 2. The topological polar surface area (TPSA) is 75.0 Å². The molecule has 1 aromatic heterocycles. The number of aromatic amines is 1. The fourth-order valence-corrected chi connectivity index (χ4v) is 3.31. The summed E-state index contributed by atoms with van der Waals surface area (Å²) >= 11 is 0. The summed E-state index contributed by atoms with van der Waals surface area (Å²) in [6.45, 7) is 0. The maximum Gasteiger partial charge on any atom is 0.250 e. The predicted octanol–water partition coefficient (Wildman–Crippen LogP) is 2.25. The summed E-state index contributed by atoms with van der Waals surface area (Å²) in [5, 5.41) is 0. The van der Waals surface area contributed by atoms with Crippen LogP contribution < -0.4 is 5.73 Å². The monoisotopic (exact) mass is 286 g/mol. The predicted molar refractivity (Wildman–Crippen MR) is 83.3 cm³/mol. The molecule has 3 rings (SSSR count). The lowest BCUT2D eigenvalue weighted by Crippen LogP contribution is -2.31. The van der Waals surface area contributed by atoms with Crippen molar-refractivity contribution < 1.29 is 4.79 Å². The summed E-state index contributed by atoms with van der Waals surface area (Å²) in [5.41, 5.74) is 7.55. The van der Waals surface area contributed by atoms with Crippen molar-refractivity contribution in [2.75, 3.05) is 14.1 Å². The Hall–Kier alpha value is -1.88. The van der Waals surface area contributed by atoms with Gasteiger partial charge in [0.05, 0.1) is 16.6 Å². The molecule has 5 nitrogen and oxygen atoms in total. The van der Waals surface area contributed by atoms with Gasteiger partial charge in [-0.05, 0) is 51.9 Å². The maximum absolute atomic E-state index is 11.5. The molecule has 0 spiro atoms. The number of rotatable bonds is 3. The summed E-state index contributed by atoms with van der Waals surface area (Å²) in [5.74, 6) is 1.04. The fourth-order valence-electron chi connectivity index (χ4n) is 3.31. The van der Waals surface area contributed by atoms with Crippen LogP contribution in [-0.2, 0) is 0 Å². The third-order valence-electron chi connectivity index (χ3n) is 4.62. The van der Waals surface area contributed by atoms with Crippen LogP contribution in [0.15, 0.2) is 18.2 Å². The normalized spacial score (nSPS) is 22.8. The summed E-state index contributed by atoms with van der Waals surface area (Å²) in [6, 6.07) is 6.17. The van der Waals surface area contributed by atoms with E-state index in [0.29, 0.717) is 17.5 Å². The SMILES string of the molecule is CN(C)[C@H]1CC[C@@H](c2nc3cccc(C(N)=O)c3[nH]2)CC1. The zero-order valence-corrected chi connectivity index (χ0v) is 12.6. The van der Waals surface area contributed by atoms with E-state index in [0.717, 1.165) is 29.7 Å². The molecule has 0 radical (unpaired) electrons. The van der Waals surface area contributed by atoms with Crippen molar-refractivity contribution in [2.45, 2.75) is 37.6 Å². The summed E-state index contributed by atoms with van der Waals surface area (Å²) in [6.07, 6.45) is 4.65. The molecule has 21 heavy (non-hydrogen) atoms. The highest BCUT2D eigenvalue weighted by atomic mass is 16.1. The van der Waals surface area contributed by atoms with Gasteiger partial charge in [0.25, 0.3) is 5.91 Å². The molecule has 1 aromatic carbocycles. The van der Waals surface area contributed by atoms with E-state index in [9.17, 15) is 4.79 Å². The lowest BCUT2D eigenvalue weighted by atomic mass is 9.85. The number of amides is 1. The van der Waals surface area contributed by atoms with Crippen molar-refractivity contribution in [3.8, 4) is 0 Å². The van der Waals surface area contributed by atoms with Gasteiger partial charge in [-0.2, -0.15) is 0 Å². The number of benzene rings is 1. The van der Waals surface area contributed by atoms with Crippen molar-refractivity contribution >= 4 is 16.9 Å². The van der Waals surface area contributed by atoms with E-state index in [1.807, 2.05) is 12.1 Å². The molecule has 1 aliphatic carbocycles. The van der Waals surface area contributed by atoms with Gasteiger partial charge >= 0.3 is 0 Å². The van der Waals surface area contributed by atoms with Crippen molar-refractivity contribution in [2.24, 2.45) is 5.73 Å². The third-order valence-corrected chi connectivity index (χ3v) is 4.62. The summed E-state index contributed by atoms with van der Waals surface area (Å²) in [4.78, 5) is 21.8. The molecular formula is C16H22N4O. The molecule has 1 aliphatic rings. The van der Waals surface area contributed by atoms with Crippen LogP contribution >= 0.6 is 0 Å². The number of carbonyl (C=O) groups is 1. The van der Waals surface area contributed by atoms with Crippen LogP contribution in [0.1, 0.15) is 47.8 Å². The van der Waals surface area contributed by atoms with Crippen molar-refractivity contribution in [1.82, 2.24) is 14.9 Å². The first-order valence-electron chi connectivity index (χ1n) is 7.51. The number of imidazole rings is 1. The Labute approximate surface area is 124 Å². The second-order valence-corrected chi connectivity index (χ2v) is 6.16. The number of nitrogens with zero attached hydrogens (tertiary/aromatic N) is 2. The van der Waals surface area contributed by atoms with Crippen LogP contribution in [0.4, 0.5) is 0 Å². The van der Waals surface area contributed by atoms with E-state index < -0.39 is 5.91 Å². The van der Waals surface area contributed by atoms with Crippen LogP contribution in [-0.4, -0.2) is 40.9 Å². The van der Waals surface area contributed by atoms with Gasteiger partial charge < -0.3 is 15.6 Å². The number of primary amides is 1. The number of para-hydroxylation sites is 1. The van der Waals surface area contributed by atoms with E-state index in [2.05, 4.69) is 29.0 Å². The molecule has 0 saturated heterocycles. The number of H-pyrrole nitrogens is 1. The molecule has 1 heterocycles. The molecule has 0 atom stereocenters. The Morgan fingerprint density at radius 3 is 2.62 bits per heavy atom. The van der Waals surface area contributed by atoms with E-state index in [1.165, 1.54) is 12.8 Å². The van der Waals surface area contributed by atoms with Gasteiger partial charge in [0, 0.05) is 12.0 Å². The standard InChI is InChI=1S/C16H22N4O/c1-20(2)11-8-6-10(7-9-11)16-18-13-5-3-4-12(15(17)21)14(13)19-16/h3-5,10-11H,6-9H2,1-2H3,(H2,17,21)(H,18,19)/t10-,11+. The van der Waals surface area contributed by atoms with Crippen LogP contribution in [0.3, 0.4) is 0 Å². The Morgan fingerprint density at radius 2 is 2.00 bits per heavy atom. The minimum absolute atomic E-state index is 0.410. The van der Waals surface area contributed by atoms with Gasteiger partial charge in [-0.3, -0.25) is 4.79 Å². The van der Waals surface area contributed by atoms with Crippen molar-refractivity contribution in [1.29, 1.82) is 0 Å². The zero-order chi connectivity index (χ0) is 15.0. The first kappa shape index (κ1) is 14.1. The van der Waals surface area contributed by atoms with Gasteiger partial charge in [-0.25, -0.2) is 4.98 Å². The maximum atomic E-state index is 11.5. The van der Waals surface area contributed by atoms with E-state index in [-0.39, 0.29) is 0 Å². The van der Waals surface area contributed by atoms with Crippen molar-refractivity contribution in [3.63, 3.8) is 0 Å². The number of nitrogens with two attached hydrogens (primary N) is 1. The third kappa shape index (κ3) is 2.65. The molecule has 1 saturated carbocycles. The average molecular weight is 286 g/mol. The molecule has 0 aliphatic heterocycles. The number of nitrogens with one attached hydrogen (secondary N) is 1. The minimum Gasteiger partial charge on any atom is -0.366 e. The smallest absolute Gasteiger partial charge is 0.250 e. The van der Waals surface area contributed by atoms with E-state index in [1.54, 1.807) is 6.07 Å². The summed E-state index contributed by atoms with van der Waals surface area (Å²) < 4.78 is 0. The van der Waals surface area contributed by atoms with Crippen LogP contribution in [0.25, 0.3) is 11.0 Å². The molecule has 1 fully saturated rings. The lowest BCUT2D eigenvalue weighted by Gasteiger charge is -2.31. The second kappa shape index (κ2) is 5.48. The highest BCUT2D eigenvalue weighted by Gasteiger charge is 2.26. The molecule has 5 heteroatoms. The molecule has 112 valence electrons. The fraction of sp³-hybridized carbons (Fsp3) is 0.500.